The van der Waals surface area contributed by atoms with Crippen LogP contribution in [0.5, 0.6) is 0 Å². The Morgan fingerprint density at radius 3 is 2.41 bits per heavy atom. The van der Waals surface area contributed by atoms with Crippen molar-refractivity contribution in [2.75, 3.05) is 31.1 Å². The molecule has 170 valence electrons. The SMILES string of the molecule is Cc1noc(C)c1CN1CCN(c2cnn(-c3ccc(C(F)(F)F)cn3)c(=O)c2Cl)CC1. The van der Waals surface area contributed by atoms with Crippen LogP contribution in [0.25, 0.3) is 5.82 Å². The zero-order chi connectivity index (χ0) is 23.0. The molecule has 12 heteroatoms. The van der Waals surface area contributed by atoms with Crippen molar-refractivity contribution >= 4 is 17.3 Å². The van der Waals surface area contributed by atoms with Gasteiger partial charge in [-0.15, -0.1) is 0 Å². The quantitative estimate of drug-likeness (QED) is 0.581. The third-order valence-electron chi connectivity index (χ3n) is 5.47. The Balaban J connectivity index is 1.48. The van der Waals surface area contributed by atoms with Crippen molar-refractivity contribution in [2.45, 2.75) is 26.6 Å². The van der Waals surface area contributed by atoms with E-state index in [0.717, 1.165) is 53.5 Å². The topological polar surface area (TPSA) is 80.3 Å². The molecule has 0 atom stereocenters. The van der Waals surface area contributed by atoms with Crippen LogP contribution < -0.4 is 10.5 Å². The molecular formula is C20H20ClF3N6O2. The van der Waals surface area contributed by atoms with E-state index in [2.05, 4.69) is 20.1 Å². The minimum atomic E-state index is -4.51. The Labute approximate surface area is 186 Å². The second kappa shape index (κ2) is 8.55. The van der Waals surface area contributed by atoms with Gasteiger partial charge in [0.2, 0.25) is 0 Å². The molecule has 0 unspecified atom stereocenters. The number of hydrogen-bond donors (Lipinski definition) is 0. The molecule has 32 heavy (non-hydrogen) atoms. The minimum absolute atomic E-state index is 0.0410. The van der Waals surface area contributed by atoms with Gasteiger partial charge < -0.3 is 9.42 Å². The molecule has 1 saturated heterocycles. The van der Waals surface area contributed by atoms with E-state index < -0.39 is 17.3 Å². The van der Waals surface area contributed by atoms with Gasteiger partial charge in [-0.3, -0.25) is 9.69 Å². The van der Waals surface area contributed by atoms with Crippen LogP contribution in [0.4, 0.5) is 18.9 Å². The molecule has 8 nitrogen and oxygen atoms in total. The Bertz CT molecular complexity index is 1150. The number of aryl methyl sites for hydroxylation is 2. The van der Waals surface area contributed by atoms with Gasteiger partial charge in [-0.25, -0.2) is 4.98 Å². The molecule has 0 aromatic carbocycles. The van der Waals surface area contributed by atoms with E-state index in [1.54, 1.807) is 0 Å². The number of pyridine rings is 1. The molecule has 1 aliphatic heterocycles. The molecule has 0 bridgehead atoms. The average Bonchev–Trinajstić information content (AvgIpc) is 3.08. The largest absolute Gasteiger partial charge is 0.417 e. The number of piperazine rings is 1. The summed E-state index contributed by atoms with van der Waals surface area (Å²) < 4.78 is 44.3. The predicted octanol–water partition coefficient (Wildman–Crippen LogP) is 3.23. The van der Waals surface area contributed by atoms with Crippen molar-refractivity contribution in [1.29, 1.82) is 0 Å². The van der Waals surface area contributed by atoms with Crippen LogP contribution in [0.2, 0.25) is 5.02 Å². The Morgan fingerprint density at radius 2 is 1.84 bits per heavy atom. The lowest BCUT2D eigenvalue weighted by Gasteiger charge is -2.36. The van der Waals surface area contributed by atoms with Crippen molar-refractivity contribution in [2.24, 2.45) is 0 Å². The molecule has 1 aliphatic rings. The molecule has 0 saturated carbocycles. The van der Waals surface area contributed by atoms with Crippen LogP contribution in [-0.2, 0) is 12.7 Å². The van der Waals surface area contributed by atoms with E-state index in [0.29, 0.717) is 25.0 Å². The van der Waals surface area contributed by atoms with Crippen molar-refractivity contribution in [3.63, 3.8) is 0 Å². The fourth-order valence-corrected chi connectivity index (χ4v) is 3.83. The van der Waals surface area contributed by atoms with Gasteiger partial charge in [0, 0.05) is 44.5 Å². The maximum atomic E-state index is 12.7. The monoisotopic (exact) mass is 468 g/mol. The number of rotatable bonds is 4. The summed E-state index contributed by atoms with van der Waals surface area (Å²) in [5, 5.41) is 8.00. The lowest BCUT2D eigenvalue weighted by Crippen LogP contribution is -2.46. The highest BCUT2D eigenvalue weighted by molar-refractivity contribution is 6.33. The van der Waals surface area contributed by atoms with E-state index in [1.807, 2.05) is 18.7 Å². The molecule has 0 amide bonds. The maximum Gasteiger partial charge on any atom is 0.417 e. The van der Waals surface area contributed by atoms with E-state index in [9.17, 15) is 18.0 Å². The Hall–Kier alpha value is -2.92. The highest BCUT2D eigenvalue weighted by Gasteiger charge is 2.31. The standard InChI is InChI=1S/C20H20ClF3N6O2/c1-12-15(13(2)32-27-12)11-28-5-7-29(8-6-28)16-10-26-30(19(31)18(16)21)17-4-3-14(9-25-17)20(22,23)24/h3-4,9-10H,5-8,11H2,1-2H3. The third-order valence-corrected chi connectivity index (χ3v) is 5.82. The molecule has 4 rings (SSSR count). The van der Waals surface area contributed by atoms with E-state index >= 15 is 0 Å². The zero-order valence-electron chi connectivity index (χ0n) is 17.4. The van der Waals surface area contributed by atoms with Crippen LogP contribution in [0.15, 0.2) is 33.8 Å². The molecule has 0 radical (unpaired) electrons. The van der Waals surface area contributed by atoms with Gasteiger partial charge in [0.1, 0.15) is 10.8 Å². The first-order valence-corrected chi connectivity index (χ1v) is 10.2. The van der Waals surface area contributed by atoms with E-state index in [4.69, 9.17) is 16.1 Å². The maximum absolute atomic E-state index is 12.7. The summed E-state index contributed by atoms with van der Waals surface area (Å²) in [7, 11) is 0. The van der Waals surface area contributed by atoms with Gasteiger partial charge in [0.15, 0.2) is 5.82 Å². The second-order valence-electron chi connectivity index (χ2n) is 7.53. The van der Waals surface area contributed by atoms with Crippen LogP contribution in [0, 0.1) is 13.8 Å². The fraction of sp³-hybridized carbons (Fsp3) is 0.400. The summed E-state index contributed by atoms with van der Waals surface area (Å²) in [6, 6.07) is 1.93. The van der Waals surface area contributed by atoms with Gasteiger partial charge in [0.25, 0.3) is 5.56 Å². The van der Waals surface area contributed by atoms with Crippen LogP contribution in [0.1, 0.15) is 22.6 Å². The smallest absolute Gasteiger partial charge is 0.366 e. The summed E-state index contributed by atoms with van der Waals surface area (Å²) in [6.07, 6.45) is -2.42. The number of halogens is 4. The van der Waals surface area contributed by atoms with Gasteiger partial charge in [-0.05, 0) is 26.0 Å². The lowest BCUT2D eigenvalue weighted by molar-refractivity contribution is -0.137. The van der Waals surface area contributed by atoms with E-state index in [1.165, 1.54) is 6.20 Å². The number of aromatic nitrogens is 4. The van der Waals surface area contributed by atoms with Gasteiger partial charge in [-0.1, -0.05) is 16.8 Å². The van der Waals surface area contributed by atoms with Crippen molar-refractivity contribution in [1.82, 2.24) is 24.8 Å². The molecule has 1 fully saturated rings. The lowest BCUT2D eigenvalue weighted by atomic mass is 10.1. The Morgan fingerprint density at radius 1 is 1.12 bits per heavy atom. The van der Waals surface area contributed by atoms with E-state index in [-0.39, 0.29) is 10.8 Å². The summed E-state index contributed by atoms with van der Waals surface area (Å²) in [5.41, 5.74) is 0.875. The minimum Gasteiger partial charge on any atom is -0.366 e. The first-order valence-electron chi connectivity index (χ1n) is 9.85. The summed E-state index contributed by atoms with van der Waals surface area (Å²) in [4.78, 5) is 20.7. The summed E-state index contributed by atoms with van der Waals surface area (Å²) >= 11 is 6.32. The second-order valence-corrected chi connectivity index (χ2v) is 7.91. The summed E-state index contributed by atoms with van der Waals surface area (Å²) in [6.45, 7) is 7.27. The first-order chi connectivity index (χ1) is 15.1. The van der Waals surface area contributed by atoms with Crippen molar-refractivity contribution in [3.05, 3.63) is 62.5 Å². The highest BCUT2D eigenvalue weighted by atomic mass is 35.5. The molecule has 4 heterocycles. The van der Waals surface area contributed by atoms with Crippen LogP contribution in [0.3, 0.4) is 0 Å². The number of hydrogen-bond acceptors (Lipinski definition) is 7. The Kier molecular flexibility index (Phi) is 5.95. The third kappa shape index (κ3) is 4.35. The van der Waals surface area contributed by atoms with Crippen LogP contribution in [-0.4, -0.2) is 51.0 Å². The molecule has 3 aromatic rings. The van der Waals surface area contributed by atoms with Gasteiger partial charge in [-0.2, -0.15) is 23.0 Å². The summed E-state index contributed by atoms with van der Waals surface area (Å²) in [5.74, 6) is 0.762. The number of nitrogens with zero attached hydrogens (tertiary/aromatic N) is 6. The van der Waals surface area contributed by atoms with Crippen molar-refractivity contribution < 1.29 is 17.7 Å². The first kappa shape index (κ1) is 22.3. The predicted molar refractivity (Wildman–Crippen MR) is 111 cm³/mol. The van der Waals surface area contributed by atoms with Crippen LogP contribution >= 0.6 is 11.6 Å². The fourth-order valence-electron chi connectivity index (χ4n) is 3.58. The molecule has 0 spiro atoms. The molecular weight excluding hydrogens is 449 g/mol. The average molecular weight is 469 g/mol. The van der Waals surface area contributed by atoms with Gasteiger partial charge in [0.05, 0.1) is 23.1 Å². The molecule has 0 N–H and O–H groups in total. The molecule has 0 aliphatic carbocycles. The molecule has 3 aromatic heterocycles. The number of alkyl halides is 3. The highest BCUT2D eigenvalue weighted by Crippen LogP contribution is 2.29. The number of anilines is 1. The zero-order valence-corrected chi connectivity index (χ0v) is 18.1. The van der Waals surface area contributed by atoms with Crippen molar-refractivity contribution in [3.8, 4) is 5.82 Å². The van der Waals surface area contributed by atoms with Gasteiger partial charge >= 0.3 is 6.18 Å². The normalized spacial score (nSPS) is 15.4.